The Morgan fingerprint density at radius 2 is 2.14 bits per heavy atom. The van der Waals surface area contributed by atoms with Gasteiger partial charge in [0, 0.05) is 29.7 Å². The maximum Gasteiger partial charge on any atom is 0.311 e. The second-order valence-electron chi connectivity index (χ2n) is 8.51. The third-order valence-corrected chi connectivity index (χ3v) is 7.32. The summed E-state index contributed by atoms with van der Waals surface area (Å²) < 4.78 is 10.7. The molecule has 1 aromatic heterocycles. The van der Waals surface area contributed by atoms with Crippen molar-refractivity contribution >= 4 is 16.9 Å². The van der Waals surface area contributed by atoms with Crippen LogP contribution in [0.15, 0.2) is 18.2 Å². The number of ether oxygens (including phenoxy) is 2. The van der Waals surface area contributed by atoms with E-state index >= 15 is 0 Å². The first-order valence-corrected chi connectivity index (χ1v) is 10.3. The van der Waals surface area contributed by atoms with Crippen LogP contribution in [0.5, 0.6) is 5.75 Å². The molecule has 2 aromatic rings. The summed E-state index contributed by atoms with van der Waals surface area (Å²) >= 11 is 0. The standard InChI is InChI=1S/C22H28N2O4/c1-27-18-5-3-4-15-19(18)13-8-9-24-11-12-6-7-17(25)20(22(26)28-2)14(12)10-16(24)21(13)23-15/h3-5,12,14,16-17,20,23,25H,6-11H2,1-2H3/t12-,14+,16-,17-,20+/m1/s1. The van der Waals surface area contributed by atoms with Crippen molar-refractivity contribution in [1.82, 2.24) is 9.88 Å². The van der Waals surface area contributed by atoms with Crippen LogP contribution in [0.1, 0.15) is 36.6 Å². The largest absolute Gasteiger partial charge is 0.496 e. The zero-order chi connectivity index (χ0) is 19.4. The number of aliphatic hydroxyl groups excluding tert-OH is 1. The van der Waals surface area contributed by atoms with Crippen molar-refractivity contribution in [3.05, 3.63) is 29.5 Å². The smallest absolute Gasteiger partial charge is 0.311 e. The highest BCUT2D eigenvalue weighted by Crippen LogP contribution is 2.50. The van der Waals surface area contributed by atoms with Crippen molar-refractivity contribution in [1.29, 1.82) is 0 Å². The highest BCUT2D eigenvalue weighted by atomic mass is 16.5. The van der Waals surface area contributed by atoms with Crippen LogP contribution >= 0.6 is 0 Å². The number of piperidine rings is 1. The maximum atomic E-state index is 12.4. The Hall–Kier alpha value is -2.05. The molecule has 0 bridgehead atoms. The number of benzene rings is 1. The molecular weight excluding hydrogens is 356 g/mol. The second-order valence-corrected chi connectivity index (χ2v) is 8.51. The summed E-state index contributed by atoms with van der Waals surface area (Å²) in [4.78, 5) is 18.7. The van der Waals surface area contributed by atoms with Gasteiger partial charge in [-0.15, -0.1) is 0 Å². The number of H-pyrrole nitrogens is 1. The number of nitrogens with one attached hydrogen (secondary N) is 1. The molecule has 1 saturated carbocycles. The number of methoxy groups -OCH3 is 2. The van der Waals surface area contributed by atoms with E-state index in [1.165, 1.54) is 23.8 Å². The summed E-state index contributed by atoms with van der Waals surface area (Å²) in [5.74, 6) is 0.860. The Bertz CT molecular complexity index is 907. The molecule has 1 aliphatic carbocycles. The molecule has 28 heavy (non-hydrogen) atoms. The van der Waals surface area contributed by atoms with Gasteiger partial charge in [-0.25, -0.2) is 0 Å². The zero-order valence-electron chi connectivity index (χ0n) is 16.5. The van der Waals surface area contributed by atoms with E-state index in [-0.39, 0.29) is 17.9 Å². The van der Waals surface area contributed by atoms with Crippen LogP contribution in [-0.4, -0.2) is 54.4 Å². The molecule has 2 N–H and O–H groups in total. The molecule has 5 rings (SSSR count). The van der Waals surface area contributed by atoms with Crippen LogP contribution in [0.25, 0.3) is 10.9 Å². The Balaban J connectivity index is 1.54. The number of nitrogens with zero attached hydrogens (tertiary/aromatic N) is 1. The van der Waals surface area contributed by atoms with Crippen molar-refractivity contribution in [3.63, 3.8) is 0 Å². The second kappa shape index (κ2) is 6.78. The van der Waals surface area contributed by atoms with Crippen molar-refractivity contribution in [2.75, 3.05) is 27.3 Å². The molecule has 3 heterocycles. The molecule has 3 aliphatic rings. The minimum absolute atomic E-state index is 0.164. The van der Waals surface area contributed by atoms with Gasteiger partial charge in [-0.1, -0.05) is 6.07 Å². The van der Waals surface area contributed by atoms with Crippen molar-refractivity contribution in [3.8, 4) is 5.75 Å². The quantitative estimate of drug-likeness (QED) is 0.779. The lowest BCUT2D eigenvalue weighted by molar-refractivity contribution is -0.160. The normalized spacial score (nSPS) is 32.3. The van der Waals surface area contributed by atoms with E-state index in [4.69, 9.17) is 9.47 Å². The molecule has 0 unspecified atom stereocenters. The summed E-state index contributed by atoms with van der Waals surface area (Å²) in [6.07, 6.45) is 2.96. The van der Waals surface area contributed by atoms with Gasteiger partial charge in [0.2, 0.25) is 0 Å². The van der Waals surface area contributed by atoms with Gasteiger partial charge in [-0.2, -0.15) is 0 Å². The molecule has 0 spiro atoms. The lowest BCUT2D eigenvalue weighted by atomic mass is 9.65. The highest BCUT2D eigenvalue weighted by Gasteiger charge is 2.49. The SMILES string of the molecule is COC(=O)[C@H]1[C@H]2C[C@@H]3c4[nH]c5cccc(OC)c5c4CCN3C[C@H]2CC[C@H]1O. The summed E-state index contributed by atoms with van der Waals surface area (Å²) in [5, 5.41) is 11.7. The predicted molar refractivity (Wildman–Crippen MR) is 105 cm³/mol. The molecule has 2 fully saturated rings. The summed E-state index contributed by atoms with van der Waals surface area (Å²) in [7, 11) is 3.15. The summed E-state index contributed by atoms with van der Waals surface area (Å²) in [6, 6.07) is 6.39. The molecule has 6 heteroatoms. The van der Waals surface area contributed by atoms with E-state index < -0.39 is 12.0 Å². The summed E-state index contributed by atoms with van der Waals surface area (Å²) in [5.41, 5.74) is 3.72. The van der Waals surface area contributed by atoms with E-state index in [2.05, 4.69) is 16.0 Å². The first-order valence-electron chi connectivity index (χ1n) is 10.3. The minimum atomic E-state index is -0.592. The van der Waals surface area contributed by atoms with Gasteiger partial charge in [-0.3, -0.25) is 9.69 Å². The van der Waals surface area contributed by atoms with Crippen LogP contribution in [0.3, 0.4) is 0 Å². The monoisotopic (exact) mass is 384 g/mol. The van der Waals surface area contributed by atoms with Crippen LogP contribution in [0, 0.1) is 17.8 Å². The minimum Gasteiger partial charge on any atom is -0.496 e. The van der Waals surface area contributed by atoms with Crippen molar-refractivity contribution in [2.24, 2.45) is 17.8 Å². The lowest BCUT2D eigenvalue weighted by Gasteiger charge is -2.50. The van der Waals surface area contributed by atoms with Crippen LogP contribution < -0.4 is 4.74 Å². The average Bonchev–Trinajstić information content (AvgIpc) is 3.11. The Labute approximate surface area is 164 Å². The van der Waals surface area contributed by atoms with E-state index in [0.29, 0.717) is 12.3 Å². The van der Waals surface area contributed by atoms with E-state index in [9.17, 15) is 9.90 Å². The number of carbonyl (C=O) groups excluding carboxylic acids is 1. The molecule has 6 nitrogen and oxygen atoms in total. The summed E-state index contributed by atoms with van der Waals surface area (Å²) in [6.45, 7) is 2.01. The number of aromatic amines is 1. The van der Waals surface area contributed by atoms with E-state index in [0.717, 1.165) is 43.6 Å². The number of hydrogen-bond donors (Lipinski definition) is 2. The van der Waals surface area contributed by atoms with E-state index in [1.54, 1.807) is 7.11 Å². The van der Waals surface area contributed by atoms with Gasteiger partial charge in [0.05, 0.1) is 32.3 Å². The van der Waals surface area contributed by atoms with Crippen LogP contribution in [-0.2, 0) is 16.0 Å². The zero-order valence-corrected chi connectivity index (χ0v) is 16.5. The molecule has 5 atom stereocenters. The molecule has 150 valence electrons. The van der Waals surface area contributed by atoms with Gasteiger partial charge in [0.15, 0.2) is 0 Å². The first kappa shape index (κ1) is 18.0. The fourth-order valence-electron chi connectivity index (χ4n) is 6.04. The van der Waals surface area contributed by atoms with Gasteiger partial charge < -0.3 is 19.6 Å². The third kappa shape index (κ3) is 2.58. The molecule has 0 radical (unpaired) electrons. The van der Waals surface area contributed by atoms with E-state index in [1.807, 2.05) is 12.1 Å². The van der Waals surface area contributed by atoms with Crippen LogP contribution in [0.4, 0.5) is 0 Å². The van der Waals surface area contributed by atoms with Gasteiger partial charge in [0.25, 0.3) is 0 Å². The van der Waals surface area contributed by atoms with Crippen molar-refractivity contribution in [2.45, 2.75) is 37.8 Å². The number of aliphatic hydroxyl groups is 1. The Morgan fingerprint density at radius 3 is 2.93 bits per heavy atom. The van der Waals surface area contributed by atoms with Crippen LogP contribution in [0.2, 0.25) is 0 Å². The number of aromatic nitrogens is 1. The Morgan fingerprint density at radius 1 is 1.29 bits per heavy atom. The van der Waals surface area contributed by atoms with Crippen molar-refractivity contribution < 1.29 is 19.4 Å². The first-order chi connectivity index (χ1) is 13.6. The molecular formula is C22H28N2O4. The van der Waals surface area contributed by atoms with Gasteiger partial charge in [0.1, 0.15) is 5.75 Å². The Kier molecular flexibility index (Phi) is 4.36. The maximum absolute atomic E-state index is 12.4. The topological polar surface area (TPSA) is 74.8 Å². The molecule has 0 amide bonds. The molecule has 1 saturated heterocycles. The average molecular weight is 384 g/mol. The number of hydrogen-bond acceptors (Lipinski definition) is 5. The fraction of sp³-hybridized carbons (Fsp3) is 0.591. The molecule has 1 aromatic carbocycles. The van der Waals surface area contributed by atoms with Gasteiger partial charge in [-0.05, 0) is 55.2 Å². The van der Waals surface area contributed by atoms with Gasteiger partial charge >= 0.3 is 5.97 Å². The number of rotatable bonds is 2. The third-order valence-electron chi connectivity index (χ3n) is 7.32. The highest BCUT2D eigenvalue weighted by molar-refractivity contribution is 5.91. The molecule has 2 aliphatic heterocycles. The number of carbonyl (C=O) groups is 1. The predicted octanol–water partition coefficient (Wildman–Crippen LogP) is 2.66. The number of esters is 1. The lowest BCUT2D eigenvalue weighted by Crippen LogP contribution is -2.53. The fourth-order valence-corrected chi connectivity index (χ4v) is 6.04. The number of fused-ring (bicyclic) bond motifs is 6.